The standard InChI is InChI=1S/C38H39N3OS/c42-35(40-26-24-31(25-27-40)29-30-15-5-1-6-16-30)23-13-14-28-43-38-39-36(32-17-7-2-8-18-32)37(33-19-9-3-10-20-33)41(38)34-21-11-4-12-22-34/h1-12,15-22,31H,13-14,23-29H2. The maximum atomic E-state index is 13.0. The largest absolute Gasteiger partial charge is 0.343 e. The van der Waals surface area contributed by atoms with Gasteiger partial charge in [-0.05, 0) is 55.7 Å². The molecule has 1 saturated heterocycles. The predicted molar refractivity (Wildman–Crippen MR) is 178 cm³/mol. The minimum atomic E-state index is 0.312. The van der Waals surface area contributed by atoms with Gasteiger partial charge < -0.3 is 4.90 Å². The van der Waals surface area contributed by atoms with Crippen LogP contribution in [0, 0.1) is 5.92 Å². The van der Waals surface area contributed by atoms with Gasteiger partial charge in [0.1, 0.15) is 0 Å². The van der Waals surface area contributed by atoms with Gasteiger partial charge in [0, 0.05) is 42.1 Å². The lowest BCUT2D eigenvalue weighted by Gasteiger charge is -2.32. The molecule has 1 fully saturated rings. The fourth-order valence-electron chi connectivity index (χ4n) is 6.01. The van der Waals surface area contributed by atoms with Gasteiger partial charge >= 0.3 is 0 Å². The molecule has 0 saturated carbocycles. The van der Waals surface area contributed by atoms with Gasteiger partial charge in [0.2, 0.25) is 5.91 Å². The van der Waals surface area contributed by atoms with Crippen LogP contribution in [0.1, 0.15) is 37.7 Å². The van der Waals surface area contributed by atoms with E-state index in [9.17, 15) is 4.79 Å². The van der Waals surface area contributed by atoms with E-state index >= 15 is 0 Å². The average Bonchev–Trinajstić information content (AvgIpc) is 3.46. The number of benzene rings is 4. The number of imidazole rings is 1. The zero-order valence-electron chi connectivity index (χ0n) is 24.6. The molecule has 2 heterocycles. The maximum Gasteiger partial charge on any atom is 0.222 e. The van der Waals surface area contributed by atoms with Crippen LogP contribution in [0.15, 0.2) is 126 Å². The molecule has 1 aromatic heterocycles. The van der Waals surface area contributed by atoms with Crippen molar-refractivity contribution in [2.75, 3.05) is 18.8 Å². The van der Waals surface area contributed by atoms with Gasteiger partial charge in [-0.15, -0.1) is 0 Å². The molecule has 0 unspecified atom stereocenters. The highest BCUT2D eigenvalue weighted by molar-refractivity contribution is 7.99. The smallest absolute Gasteiger partial charge is 0.222 e. The van der Waals surface area contributed by atoms with Gasteiger partial charge in [-0.2, -0.15) is 0 Å². The van der Waals surface area contributed by atoms with E-state index in [-0.39, 0.29) is 0 Å². The van der Waals surface area contributed by atoms with Crippen LogP contribution >= 0.6 is 11.8 Å². The van der Waals surface area contributed by atoms with Crippen LogP contribution in [0.4, 0.5) is 0 Å². The number of carbonyl (C=O) groups is 1. The first kappa shape index (κ1) is 29.0. The number of amides is 1. The summed E-state index contributed by atoms with van der Waals surface area (Å²) in [6.07, 6.45) is 5.83. The third kappa shape index (κ3) is 7.29. The number of carbonyl (C=O) groups excluding carboxylic acids is 1. The highest BCUT2D eigenvalue weighted by Gasteiger charge is 2.23. The van der Waals surface area contributed by atoms with Gasteiger partial charge in [-0.25, -0.2) is 4.98 Å². The van der Waals surface area contributed by atoms with E-state index in [1.807, 2.05) is 6.07 Å². The Hall–Kier alpha value is -4.09. The Morgan fingerprint density at radius 2 is 1.30 bits per heavy atom. The summed E-state index contributed by atoms with van der Waals surface area (Å²) < 4.78 is 2.30. The Balaban J connectivity index is 1.09. The van der Waals surface area contributed by atoms with E-state index in [0.29, 0.717) is 18.2 Å². The first-order valence-electron chi connectivity index (χ1n) is 15.5. The second-order valence-electron chi connectivity index (χ2n) is 11.3. The molecule has 0 bridgehead atoms. The summed E-state index contributed by atoms with van der Waals surface area (Å²) in [5.74, 6) is 1.91. The van der Waals surface area contributed by atoms with Crippen LogP contribution in [-0.2, 0) is 11.2 Å². The van der Waals surface area contributed by atoms with Crippen molar-refractivity contribution in [2.45, 2.75) is 43.7 Å². The number of aromatic nitrogens is 2. The third-order valence-corrected chi connectivity index (χ3v) is 9.33. The zero-order chi connectivity index (χ0) is 29.3. The highest BCUT2D eigenvalue weighted by Crippen LogP contribution is 2.38. The van der Waals surface area contributed by atoms with Crippen molar-refractivity contribution in [3.05, 3.63) is 127 Å². The Morgan fingerprint density at radius 1 is 0.721 bits per heavy atom. The molecule has 5 heteroatoms. The summed E-state index contributed by atoms with van der Waals surface area (Å²) in [4.78, 5) is 20.3. The molecule has 0 radical (unpaired) electrons. The SMILES string of the molecule is O=C(CCCCSc1nc(-c2ccccc2)c(-c2ccccc2)n1-c1ccccc1)N1CCC(Cc2ccccc2)CC1. The first-order chi connectivity index (χ1) is 21.3. The van der Waals surface area contributed by atoms with Crippen LogP contribution < -0.4 is 0 Å². The van der Waals surface area contributed by atoms with Crippen molar-refractivity contribution in [1.29, 1.82) is 0 Å². The van der Waals surface area contributed by atoms with Crippen LogP contribution in [0.25, 0.3) is 28.2 Å². The van der Waals surface area contributed by atoms with E-state index in [0.717, 1.165) is 84.3 Å². The topological polar surface area (TPSA) is 38.1 Å². The minimum absolute atomic E-state index is 0.312. The normalized spacial score (nSPS) is 13.7. The molecule has 6 rings (SSSR count). The van der Waals surface area contributed by atoms with Gasteiger partial charge in [-0.1, -0.05) is 121 Å². The fraction of sp³-hybridized carbons (Fsp3) is 0.263. The number of hydrogen-bond donors (Lipinski definition) is 0. The van der Waals surface area contributed by atoms with Crippen molar-refractivity contribution < 1.29 is 4.79 Å². The van der Waals surface area contributed by atoms with Crippen molar-refractivity contribution in [1.82, 2.24) is 14.5 Å². The third-order valence-electron chi connectivity index (χ3n) is 8.31. The Bertz CT molecular complexity index is 1580. The molecule has 0 N–H and O–H groups in total. The highest BCUT2D eigenvalue weighted by atomic mass is 32.2. The lowest BCUT2D eigenvalue weighted by atomic mass is 9.90. The molecule has 43 heavy (non-hydrogen) atoms. The molecule has 4 aromatic carbocycles. The quantitative estimate of drug-likeness (QED) is 0.115. The number of hydrogen-bond acceptors (Lipinski definition) is 3. The molecular weight excluding hydrogens is 547 g/mol. The van der Waals surface area contributed by atoms with Crippen LogP contribution in [-0.4, -0.2) is 39.2 Å². The monoisotopic (exact) mass is 585 g/mol. The van der Waals surface area contributed by atoms with E-state index in [2.05, 4.69) is 125 Å². The minimum Gasteiger partial charge on any atom is -0.343 e. The molecule has 0 atom stereocenters. The summed E-state index contributed by atoms with van der Waals surface area (Å²) in [5, 5.41) is 0.982. The van der Waals surface area contributed by atoms with Gasteiger partial charge in [-0.3, -0.25) is 9.36 Å². The average molecular weight is 586 g/mol. The lowest BCUT2D eigenvalue weighted by Crippen LogP contribution is -2.38. The lowest BCUT2D eigenvalue weighted by molar-refractivity contribution is -0.132. The fourth-order valence-corrected chi connectivity index (χ4v) is 7.02. The summed E-state index contributed by atoms with van der Waals surface area (Å²) >= 11 is 1.78. The predicted octanol–water partition coefficient (Wildman–Crippen LogP) is 8.95. The molecule has 0 aliphatic carbocycles. The van der Waals surface area contributed by atoms with Crippen LogP contribution in [0.2, 0.25) is 0 Å². The summed E-state index contributed by atoms with van der Waals surface area (Å²) in [6, 6.07) is 42.2. The van der Waals surface area contributed by atoms with E-state index in [1.54, 1.807) is 11.8 Å². The maximum absolute atomic E-state index is 13.0. The number of likely N-dealkylation sites (tertiary alicyclic amines) is 1. The van der Waals surface area contributed by atoms with Gasteiger partial charge in [0.15, 0.2) is 5.16 Å². The number of piperidine rings is 1. The second kappa shape index (κ2) is 14.4. The summed E-state index contributed by atoms with van der Waals surface area (Å²) in [5.41, 5.74) is 6.85. The number of para-hydroxylation sites is 1. The van der Waals surface area contributed by atoms with E-state index in [1.165, 1.54) is 5.56 Å². The molecule has 4 nitrogen and oxygen atoms in total. The van der Waals surface area contributed by atoms with E-state index < -0.39 is 0 Å². The van der Waals surface area contributed by atoms with Crippen molar-refractivity contribution in [3.8, 4) is 28.2 Å². The van der Waals surface area contributed by atoms with Crippen molar-refractivity contribution in [2.24, 2.45) is 5.92 Å². The number of thioether (sulfide) groups is 1. The van der Waals surface area contributed by atoms with Crippen molar-refractivity contribution >= 4 is 17.7 Å². The Labute approximate surface area is 259 Å². The summed E-state index contributed by atoms with van der Waals surface area (Å²) in [7, 11) is 0. The van der Waals surface area contributed by atoms with Crippen molar-refractivity contribution in [3.63, 3.8) is 0 Å². The molecule has 5 aromatic rings. The van der Waals surface area contributed by atoms with Gasteiger partial charge in [0.05, 0.1) is 11.4 Å². The van der Waals surface area contributed by atoms with Crippen LogP contribution in [0.3, 0.4) is 0 Å². The molecule has 1 aliphatic heterocycles. The molecular formula is C38H39N3OS. The van der Waals surface area contributed by atoms with Crippen LogP contribution in [0.5, 0.6) is 0 Å². The summed E-state index contributed by atoms with van der Waals surface area (Å²) in [6.45, 7) is 1.79. The number of nitrogens with zero attached hydrogens (tertiary/aromatic N) is 3. The van der Waals surface area contributed by atoms with Gasteiger partial charge in [0.25, 0.3) is 0 Å². The molecule has 1 amide bonds. The first-order valence-corrected chi connectivity index (χ1v) is 16.5. The molecule has 0 spiro atoms. The van der Waals surface area contributed by atoms with E-state index in [4.69, 9.17) is 4.98 Å². The molecule has 218 valence electrons. The molecule has 1 aliphatic rings. The second-order valence-corrected chi connectivity index (χ2v) is 12.4. The zero-order valence-corrected chi connectivity index (χ0v) is 25.5. The Morgan fingerprint density at radius 3 is 1.95 bits per heavy atom. The Kier molecular flexibility index (Phi) is 9.71. The number of rotatable bonds is 11. The number of unbranched alkanes of at least 4 members (excludes halogenated alkanes) is 1.